The van der Waals surface area contributed by atoms with E-state index in [-0.39, 0.29) is 11.8 Å². The van der Waals surface area contributed by atoms with Crippen LogP contribution in [0.3, 0.4) is 0 Å². The summed E-state index contributed by atoms with van der Waals surface area (Å²) in [5, 5.41) is 2.92. The summed E-state index contributed by atoms with van der Waals surface area (Å²) < 4.78 is 2.86. The van der Waals surface area contributed by atoms with Gasteiger partial charge >= 0.3 is 0 Å². The number of benzene rings is 1. The van der Waals surface area contributed by atoms with Crippen LogP contribution < -0.4 is 5.32 Å². The number of halogens is 1. The molecule has 1 fully saturated rings. The first-order valence-corrected chi connectivity index (χ1v) is 10.4. The molecule has 2 aromatic heterocycles. The van der Waals surface area contributed by atoms with Crippen LogP contribution in [-0.4, -0.2) is 43.8 Å². The lowest BCUT2D eigenvalue weighted by atomic mass is 10.1. The maximum Gasteiger partial charge on any atom is 0.255 e. The van der Waals surface area contributed by atoms with Gasteiger partial charge in [-0.1, -0.05) is 18.2 Å². The van der Waals surface area contributed by atoms with Crippen LogP contribution in [0.2, 0.25) is 0 Å². The van der Waals surface area contributed by atoms with Crippen molar-refractivity contribution in [3.8, 4) is 0 Å². The zero-order chi connectivity index (χ0) is 18.8. The Hall–Kier alpha value is -2.32. The Balaban J connectivity index is 1.43. The van der Waals surface area contributed by atoms with Crippen molar-refractivity contribution in [2.24, 2.45) is 0 Å². The largest absolute Gasteiger partial charge is 0.349 e. The lowest BCUT2D eigenvalue weighted by Crippen LogP contribution is -2.47. The first-order valence-electron chi connectivity index (χ1n) is 8.46. The molecule has 27 heavy (non-hydrogen) atoms. The van der Waals surface area contributed by atoms with Crippen LogP contribution in [0.5, 0.6) is 0 Å². The molecule has 1 aromatic carbocycles. The van der Waals surface area contributed by atoms with Gasteiger partial charge in [0.15, 0.2) is 0 Å². The Morgan fingerprint density at radius 3 is 2.81 bits per heavy atom. The van der Waals surface area contributed by atoms with E-state index in [2.05, 4.69) is 26.2 Å². The Kier molecular flexibility index (Phi) is 5.18. The number of fused-ring (bicyclic) bond motifs is 1. The van der Waals surface area contributed by atoms with Crippen molar-refractivity contribution in [1.82, 2.24) is 19.6 Å². The second-order valence-corrected chi connectivity index (χ2v) is 8.13. The maximum atomic E-state index is 12.7. The monoisotopic (exact) mass is 444 g/mol. The highest BCUT2D eigenvalue weighted by molar-refractivity contribution is 9.10. The molecule has 1 unspecified atom stereocenters. The van der Waals surface area contributed by atoms with E-state index >= 15 is 0 Å². The van der Waals surface area contributed by atoms with Gasteiger partial charge in [-0.15, -0.1) is 11.8 Å². The highest BCUT2D eigenvalue weighted by Gasteiger charge is 2.34. The fourth-order valence-corrected chi connectivity index (χ4v) is 4.51. The number of hydrogen-bond acceptors (Lipinski definition) is 4. The highest BCUT2D eigenvalue weighted by Crippen LogP contribution is 2.23. The molecule has 0 spiro atoms. The normalized spacial score (nSPS) is 16.6. The topological polar surface area (TPSA) is 66.7 Å². The molecule has 0 radical (unpaired) electrons. The van der Waals surface area contributed by atoms with Crippen LogP contribution in [0.25, 0.3) is 5.65 Å². The fraction of sp³-hybridized carbons (Fsp3) is 0.211. The van der Waals surface area contributed by atoms with Gasteiger partial charge in [-0.05, 0) is 40.2 Å². The van der Waals surface area contributed by atoms with Gasteiger partial charge in [0.2, 0.25) is 5.91 Å². The molecule has 8 heteroatoms. The number of nitrogens with one attached hydrogen (secondary N) is 1. The van der Waals surface area contributed by atoms with Gasteiger partial charge in [0.25, 0.3) is 5.91 Å². The molecule has 0 aliphatic carbocycles. The Morgan fingerprint density at radius 1 is 1.19 bits per heavy atom. The smallest absolute Gasteiger partial charge is 0.255 e. The third-order valence-electron chi connectivity index (χ3n) is 4.38. The molecule has 1 N–H and O–H groups in total. The van der Waals surface area contributed by atoms with E-state index in [1.165, 1.54) is 0 Å². The summed E-state index contributed by atoms with van der Waals surface area (Å²) in [6, 6.07) is 12.4. The highest BCUT2D eigenvalue weighted by atomic mass is 79.9. The maximum absolute atomic E-state index is 12.7. The predicted molar refractivity (Wildman–Crippen MR) is 108 cm³/mol. The Morgan fingerprint density at radius 2 is 2.00 bits per heavy atom. The van der Waals surface area contributed by atoms with Crippen LogP contribution in [0.15, 0.2) is 59.3 Å². The zero-order valence-corrected chi connectivity index (χ0v) is 16.7. The summed E-state index contributed by atoms with van der Waals surface area (Å²) in [6.07, 6.45) is 3.80. The van der Waals surface area contributed by atoms with Crippen LogP contribution in [0, 0.1) is 0 Å². The van der Waals surface area contributed by atoms with Gasteiger partial charge in [0.05, 0.1) is 18.1 Å². The van der Waals surface area contributed by atoms with E-state index in [0.29, 0.717) is 23.7 Å². The lowest BCUT2D eigenvalue weighted by Gasteiger charge is -2.23. The molecule has 1 aliphatic rings. The summed E-state index contributed by atoms with van der Waals surface area (Å²) in [4.78, 5) is 31.5. The molecule has 0 saturated carbocycles. The minimum atomic E-state index is -0.464. The number of hydrogen-bond donors (Lipinski definition) is 1. The van der Waals surface area contributed by atoms with Crippen molar-refractivity contribution >= 4 is 45.2 Å². The number of thioether (sulfide) groups is 1. The first kappa shape index (κ1) is 18.1. The standard InChI is InChI=1S/C19H17BrN4O2S/c20-14-6-7-17-22-15(10-23(17)9-14)8-21-18(25)16-11-27-12-24(16)19(26)13-4-2-1-3-5-13/h1-7,9-10,16H,8,11-12H2,(H,21,25). The van der Waals surface area contributed by atoms with Crippen molar-refractivity contribution in [2.75, 3.05) is 11.6 Å². The third kappa shape index (κ3) is 3.86. The zero-order valence-electron chi connectivity index (χ0n) is 14.3. The van der Waals surface area contributed by atoms with E-state index in [0.717, 1.165) is 15.8 Å². The Bertz CT molecular complexity index is 992. The summed E-state index contributed by atoms with van der Waals surface area (Å²) in [5.41, 5.74) is 2.19. The van der Waals surface area contributed by atoms with Crippen LogP contribution in [0.4, 0.5) is 0 Å². The lowest BCUT2D eigenvalue weighted by molar-refractivity contribution is -0.124. The van der Waals surface area contributed by atoms with Crippen molar-refractivity contribution in [2.45, 2.75) is 12.6 Å². The average Bonchev–Trinajstić information content (AvgIpc) is 3.32. The van der Waals surface area contributed by atoms with Crippen molar-refractivity contribution in [3.05, 3.63) is 70.6 Å². The molecule has 1 atom stereocenters. The molecular formula is C19H17BrN4O2S. The average molecular weight is 445 g/mol. The van der Waals surface area contributed by atoms with Gasteiger partial charge in [-0.25, -0.2) is 4.98 Å². The van der Waals surface area contributed by atoms with Crippen LogP contribution in [-0.2, 0) is 11.3 Å². The number of carbonyl (C=O) groups is 2. The number of imidazole rings is 1. The van der Waals surface area contributed by atoms with E-state index in [1.807, 2.05) is 47.1 Å². The molecular weight excluding hydrogens is 428 g/mol. The second-order valence-electron chi connectivity index (χ2n) is 6.22. The van der Waals surface area contributed by atoms with E-state index in [9.17, 15) is 9.59 Å². The van der Waals surface area contributed by atoms with Gasteiger partial charge < -0.3 is 14.6 Å². The number of rotatable bonds is 4. The summed E-state index contributed by atoms with van der Waals surface area (Å²) in [6.45, 7) is 0.326. The quantitative estimate of drug-likeness (QED) is 0.671. The molecule has 1 aliphatic heterocycles. The van der Waals surface area contributed by atoms with E-state index < -0.39 is 6.04 Å². The molecule has 3 heterocycles. The number of amides is 2. The molecule has 2 amide bonds. The second kappa shape index (κ2) is 7.74. The fourth-order valence-electron chi connectivity index (χ4n) is 3.00. The molecule has 4 rings (SSSR count). The molecule has 1 saturated heterocycles. The number of nitrogens with zero attached hydrogens (tertiary/aromatic N) is 3. The van der Waals surface area contributed by atoms with Gasteiger partial charge in [0.1, 0.15) is 11.7 Å². The van der Waals surface area contributed by atoms with Gasteiger partial charge in [-0.3, -0.25) is 9.59 Å². The minimum absolute atomic E-state index is 0.113. The minimum Gasteiger partial charge on any atom is -0.349 e. The first-order chi connectivity index (χ1) is 13.1. The Labute approximate surface area is 169 Å². The van der Waals surface area contributed by atoms with Crippen LogP contribution >= 0.6 is 27.7 Å². The van der Waals surface area contributed by atoms with Gasteiger partial charge in [0, 0.05) is 28.2 Å². The van der Waals surface area contributed by atoms with Gasteiger partial charge in [-0.2, -0.15) is 0 Å². The van der Waals surface area contributed by atoms with Crippen molar-refractivity contribution in [1.29, 1.82) is 0 Å². The summed E-state index contributed by atoms with van der Waals surface area (Å²) >= 11 is 5.02. The molecule has 6 nitrogen and oxygen atoms in total. The number of carbonyl (C=O) groups excluding carboxylic acids is 2. The molecule has 3 aromatic rings. The summed E-state index contributed by atoms with van der Waals surface area (Å²) in [7, 11) is 0. The predicted octanol–water partition coefficient (Wildman–Crippen LogP) is 2.93. The van der Waals surface area contributed by atoms with Crippen molar-refractivity contribution < 1.29 is 9.59 Å². The number of pyridine rings is 1. The molecule has 138 valence electrons. The molecule has 0 bridgehead atoms. The number of aromatic nitrogens is 2. The third-order valence-corrected chi connectivity index (χ3v) is 5.86. The summed E-state index contributed by atoms with van der Waals surface area (Å²) in [5.74, 6) is 0.859. The van der Waals surface area contributed by atoms with Crippen molar-refractivity contribution in [3.63, 3.8) is 0 Å². The SMILES string of the molecule is O=C(NCc1cn2cc(Br)ccc2n1)C1CSCN1C(=O)c1ccccc1. The van der Waals surface area contributed by atoms with Crippen LogP contribution in [0.1, 0.15) is 16.1 Å². The van der Waals surface area contributed by atoms with E-state index in [4.69, 9.17) is 0 Å². The van der Waals surface area contributed by atoms with E-state index in [1.54, 1.807) is 28.8 Å².